The smallest absolute Gasteiger partial charge is 0.187 e. The van der Waals surface area contributed by atoms with Crippen LogP contribution in [-0.2, 0) is 23.7 Å². The lowest BCUT2D eigenvalue weighted by Crippen LogP contribution is -2.67. The molecule has 0 aromatic carbocycles. The second-order valence-corrected chi connectivity index (χ2v) is 20.6. The second-order valence-electron chi connectivity index (χ2n) is 20.6. The lowest BCUT2D eigenvalue weighted by atomic mass is 9.35. The van der Waals surface area contributed by atoms with Gasteiger partial charge in [-0.25, -0.2) is 0 Å². The van der Waals surface area contributed by atoms with E-state index in [2.05, 4.69) is 41.5 Å². The first-order valence-corrected chi connectivity index (χ1v) is 20.7. The van der Waals surface area contributed by atoms with Crippen LogP contribution >= 0.6 is 0 Å². The summed E-state index contributed by atoms with van der Waals surface area (Å²) < 4.78 is 31.0. The maximum atomic E-state index is 12.3. The third-order valence-electron chi connectivity index (χ3n) is 17.1. The van der Waals surface area contributed by atoms with Crippen LogP contribution in [0.3, 0.4) is 0 Å². The van der Waals surface area contributed by atoms with E-state index in [1.165, 1.54) is 0 Å². The van der Waals surface area contributed by atoms with Gasteiger partial charge < -0.3 is 64.5 Å². The normalized spacial score (nSPS) is 56.2. The molecule has 3 aliphatic heterocycles. The zero-order chi connectivity index (χ0) is 39.6. The Labute approximate surface area is 320 Å². The van der Waals surface area contributed by atoms with Crippen molar-refractivity contribution in [2.45, 2.75) is 198 Å². The van der Waals surface area contributed by atoms with Gasteiger partial charge in [0.05, 0.1) is 42.7 Å². The number of ether oxygens (including phenoxy) is 5. The van der Waals surface area contributed by atoms with E-state index < -0.39 is 73.6 Å². The van der Waals surface area contributed by atoms with E-state index in [1.807, 2.05) is 13.8 Å². The highest BCUT2D eigenvalue weighted by Gasteiger charge is 2.72. The van der Waals surface area contributed by atoms with Crippen molar-refractivity contribution in [3.8, 4) is 0 Å². The summed E-state index contributed by atoms with van der Waals surface area (Å²) in [5, 5.41) is 85.7. The molecule has 0 spiro atoms. The summed E-state index contributed by atoms with van der Waals surface area (Å²) in [5.41, 5.74) is -1.81. The third-order valence-corrected chi connectivity index (χ3v) is 17.1. The maximum Gasteiger partial charge on any atom is 0.187 e. The molecular formula is C41H70O13. The Bertz CT molecular complexity index is 1360. The number of aliphatic hydroxyl groups excluding tert-OH is 7. The number of hydrogen-bond acceptors (Lipinski definition) is 13. The largest absolute Gasteiger partial charge is 0.394 e. The van der Waals surface area contributed by atoms with Crippen molar-refractivity contribution in [3.05, 3.63) is 0 Å². The molecule has 7 aliphatic rings. The Hall–Kier alpha value is -0.520. The molecule has 7 rings (SSSR count). The highest BCUT2D eigenvalue weighted by atomic mass is 16.8. The molecule has 0 radical (unpaired) electrons. The first kappa shape index (κ1) is 41.6. The molecule has 3 saturated heterocycles. The summed E-state index contributed by atoms with van der Waals surface area (Å²) >= 11 is 0. The fourth-order valence-electron chi connectivity index (χ4n) is 13.8. The zero-order valence-corrected chi connectivity index (χ0v) is 33.6. The molecule has 0 aromatic rings. The number of hydrogen-bond donors (Lipinski definition) is 8. The summed E-state index contributed by atoms with van der Waals surface area (Å²) in [6.45, 7) is 16.9. The number of aliphatic hydroxyl groups is 8. The van der Waals surface area contributed by atoms with Crippen LogP contribution in [0.5, 0.6) is 0 Å². The minimum absolute atomic E-state index is 0.00233. The first-order chi connectivity index (χ1) is 25.0. The molecule has 13 heteroatoms. The van der Waals surface area contributed by atoms with Crippen molar-refractivity contribution in [3.63, 3.8) is 0 Å². The topological polar surface area (TPSA) is 208 Å². The Morgan fingerprint density at radius 1 is 0.704 bits per heavy atom. The Morgan fingerprint density at radius 2 is 1.39 bits per heavy atom. The van der Waals surface area contributed by atoms with Crippen LogP contribution in [0.1, 0.15) is 113 Å². The van der Waals surface area contributed by atoms with Crippen LogP contribution in [0.2, 0.25) is 0 Å². The van der Waals surface area contributed by atoms with E-state index in [0.29, 0.717) is 6.42 Å². The molecule has 3 heterocycles. The Balaban J connectivity index is 1.09. The van der Waals surface area contributed by atoms with Gasteiger partial charge in [0.15, 0.2) is 12.6 Å². The van der Waals surface area contributed by atoms with E-state index in [0.717, 1.165) is 51.4 Å². The molecule has 0 aromatic heterocycles. The predicted octanol–water partition coefficient (Wildman–Crippen LogP) is 2.00. The van der Waals surface area contributed by atoms with Gasteiger partial charge in [-0.05, 0) is 124 Å². The van der Waals surface area contributed by atoms with E-state index in [9.17, 15) is 40.9 Å². The molecule has 13 nitrogen and oxygen atoms in total. The molecule has 4 aliphatic carbocycles. The summed E-state index contributed by atoms with van der Waals surface area (Å²) in [6.07, 6.45) is -5.82. The molecular weight excluding hydrogens is 700 g/mol. The van der Waals surface area contributed by atoms with Crippen LogP contribution in [0.25, 0.3) is 0 Å². The minimum atomic E-state index is -1.70. The van der Waals surface area contributed by atoms with Crippen molar-refractivity contribution in [1.82, 2.24) is 0 Å². The number of fused-ring (bicyclic) bond motifs is 5. The number of rotatable bonds is 7. The summed E-state index contributed by atoms with van der Waals surface area (Å²) in [6, 6.07) is 0. The van der Waals surface area contributed by atoms with Crippen molar-refractivity contribution in [1.29, 1.82) is 0 Å². The molecule has 54 heavy (non-hydrogen) atoms. The fourth-order valence-corrected chi connectivity index (χ4v) is 13.8. The van der Waals surface area contributed by atoms with Gasteiger partial charge >= 0.3 is 0 Å². The molecule has 312 valence electrons. The van der Waals surface area contributed by atoms with Gasteiger partial charge in [0.1, 0.15) is 42.7 Å². The van der Waals surface area contributed by atoms with Crippen molar-refractivity contribution >= 4 is 0 Å². The second kappa shape index (κ2) is 14.1. The summed E-state index contributed by atoms with van der Waals surface area (Å²) in [4.78, 5) is 0. The molecule has 7 fully saturated rings. The van der Waals surface area contributed by atoms with Crippen molar-refractivity contribution < 1.29 is 64.5 Å². The van der Waals surface area contributed by atoms with E-state index in [4.69, 9.17) is 23.7 Å². The Morgan fingerprint density at radius 3 is 2.04 bits per heavy atom. The zero-order valence-electron chi connectivity index (χ0n) is 33.6. The van der Waals surface area contributed by atoms with Crippen LogP contribution in [0, 0.1) is 45.3 Å². The minimum Gasteiger partial charge on any atom is -0.394 e. The average molecular weight is 771 g/mol. The standard InChI is InChI=1S/C41H70O13/c1-36(2)24-10-15-39(6)25(17-21(43)28-20(9-14-40(28,39)7)41(8)16-12-27(54-41)37(3,4)49)38(24,5)13-11-26(36)52-35-33(29(45)22(44)19-50-35)53-34-32(48)31(47)30(46)23(18-42)51-34/h20-35,42-49H,9-19H2,1-8H3/t20-,21+,22+,23+,24+,25+,26-,27-,28-,29-,30+,31+,32+,33+,34-,35-,38-,39+,40+,41-/m0/s1. The van der Waals surface area contributed by atoms with Gasteiger partial charge in [-0.15, -0.1) is 0 Å². The molecule has 0 bridgehead atoms. The van der Waals surface area contributed by atoms with Gasteiger partial charge in [0, 0.05) is 0 Å². The summed E-state index contributed by atoms with van der Waals surface area (Å²) in [5.74, 6) is 0.864. The van der Waals surface area contributed by atoms with Gasteiger partial charge in [0.2, 0.25) is 0 Å². The van der Waals surface area contributed by atoms with Gasteiger partial charge in [-0.1, -0.05) is 34.6 Å². The quantitative estimate of drug-likeness (QED) is 0.175. The lowest BCUT2D eigenvalue weighted by molar-refractivity contribution is -0.367. The van der Waals surface area contributed by atoms with E-state index in [1.54, 1.807) is 0 Å². The van der Waals surface area contributed by atoms with Gasteiger partial charge in [-0.3, -0.25) is 0 Å². The van der Waals surface area contributed by atoms with Crippen LogP contribution in [0.15, 0.2) is 0 Å². The molecule has 8 N–H and O–H groups in total. The van der Waals surface area contributed by atoms with E-state index in [-0.39, 0.29) is 69.7 Å². The first-order valence-electron chi connectivity index (χ1n) is 20.7. The third kappa shape index (κ3) is 6.28. The predicted molar refractivity (Wildman–Crippen MR) is 194 cm³/mol. The molecule has 0 amide bonds. The van der Waals surface area contributed by atoms with Crippen LogP contribution < -0.4 is 0 Å². The highest BCUT2D eigenvalue weighted by Crippen LogP contribution is 2.76. The van der Waals surface area contributed by atoms with Crippen molar-refractivity contribution in [2.24, 2.45) is 45.3 Å². The molecule has 0 unspecified atom stereocenters. The van der Waals surface area contributed by atoms with Crippen LogP contribution in [0.4, 0.5) is 0 Å². The van der Waals surface area contributed by atoms with Crippen LogP contribution in [-0.4, -0.2) is 139 Å². The lowest BCUT2D eigenvalue weighted by Gasteiger charge is -2.70. The SMILES string of the molecule is CC(C)(O)[C@@H]1CC[C@@](C)([C@H]2CC[C@]3(C)[C@@H]2[C@H](O)C[C@@H]2[C@@]4(C)CC[C@H](O[C@@H]5OC[C@@H](O)[C@H](O)[C@H]5O[C@@H]5O[C@H](CO)[C@@H](O)[C@@H](O)[C@H]5O)C(C)(C)[C@H]4CC[C@]23C)O1. The Kier molecular flexibility index (Phi) is 10.8. The fraction of sp³-hybridized carbons (Fsp3) is 1.00. The average Bonchev–Trinajstić information content (AvgIpc) is 3.69. The molecule has 4 saturated carbocycles. The van der Waals surface area contributed by atoms with Crippen molar-refractivity contribution in [2.75, 3.05) is 13.2 Å². The van der Waals surface area contributed by atoms with E-state index >= 15 is 0 Å². The summed E-state index contributed by atoms with van der Waals surface area (Å²) in [7, 11) is 0. The molecule has 20 atom stereocenters. The maximum absolute atomic E-state index is 12.3. The van der Waals surface area contributed by atoms with Gasteiger partial charge in [0.25, 0.3) is 0 Å². The highest BCUT2D eigenvalue weighted by molar-refractivity contribution is 5.20. The van der Waals surface area contributed by atoms with Gasteiger partial charge in [-0.2, -0.15) is 0 Å². The monoisotopic (exact) mass is 770 g/mol.